The molecule has 0 bridgehead atoms. The summed E-state index contributed by atoms with van der Waals surface area (Å²) in [7, 11) is 2.14. The van der Waals surface area contributed by atoms with Gasteiger partial charge in [0.25, 0.3) is 0 Å². The SMILES string of the molecule is Cc1nccc(-c2c(-c3ccccc3F)ncn2C2CCN(C)CC2)n1. The van der Waals surface area contributed by atoms with Gasteiger partial charge in [0.2, 0.25) is 0 Å². The van der Waals surface area contributed by atoms with Gasteiger partial charge in [0.1, 0.15) is 17.3 Å². The average Bonchev–Trinajstić information content (AvgIpc) is 3.07. The molecule has 3 heterocycles. The molecule has 0 amide bonds. The maximum absolute atomic E-state index is 14.5. The molecule has 3 aromatic rings. The van der Waals surface area contributed by atoms with Crippen LogP contribution in [0.4, 0.5) is 4.39 Å². The lowest BCUT2D eigenvalue weighted by Gasteiger charge is -2.30. The van der Waals surface area contributed by atoms with Crippen LogP contribution in [0.1, 0.15) is 24.7 Å². The second-order valence-corrected chi connectivity index (χ2v) is 6.85. The van der Waals surface area contributed by atoms with E-state index in [2.05, 4.69) is 31.5 Å². The number of imidazole rings is 1. The number of rotatable bonds is 3. The molecule has 1 fully saturated rings. The first-order valence-electron chi connectivity index (χ1n) is 8.94. The Bertz CT molecular complexity index is 912. The smallest absolute Gasteiger partial charge is 0.132 e. The van der Waals surface area contributed by atoms with Gasteiger partial charge < -0.3 is 9.47 Å². The van der Waals surface area contributed by atoms with Crippen molar-refractivity contribution in [2.75, 3.05) is 20.1 Å². The van der Waals surface area contributed by atoms with Gasteiger partial charge in [0.05, 0.1) is 17.7 Å². The van der Waals surface area contributed by atoms with Gasteiger partial charge in [-0.1, -0.05) is 12.1 Å². The minimum absolute atomic E-state index is 0.270. The van der Waals surface area contributed by atoms with E-state index >= 15 is 0 Å². The van der Waals surface area contributed by atoms with Crippen molar-refractivity contribution in [3.8, 4) is 22.6 Å². The summed E-state index contributed by atoms with van der Waals surface area (Å²) in [5.41, 5.74) is 2.80. The first kappa shape index (κ1) is 16.8. The lowest BCUT2D eigenvalue weighted by molar-refractivity contribution is 0.222. The summed E-state index contributed by atoms with van der Waals surface area (Å²) in [5, 5.41) is 0. The Hall–Kier alpha value is -2.60. The molecule has 1 aliphatic rings. The fourth-order valence-corrected chi connectivity index (χ4v) is 3.60. The highest BCUT2D eigenvalue weighted by Crippen LogP contribution is 2.35. The second-order valence-electron chi connectivity index (χ2n) is 6.85. The zero-order valence-electron chi connectivity index (χ0n) is 15.1. The monoisotopic (exact) mass is 351 g/mol. The molecule has 6 heteroatoms. The van der Waals surface area contributed by atoms with Crippen molar-refractivity contribution in [3.63, 3.8) is 0 Å². The quantitative estimate of drug-likeness (QED) is 0.721. The Labute approximate surface area is 152 Å². The van der Waals surface area contributed by atoms with Crippen molar-refractivity contribution < 1.29 is 4.39 Å². The Morgan fingerprint density at radius 3 is 2.58 bits per heavy atom. The van der Waals surface area contributed by atoms with Crippen LogP contribution in [0.3, 0.4) is 0 Å². The van der Waals surface area contributed by atoms with E-state index in [9.17, 15) is 4.39 Å². The topological polar surface area (TPSA) is 46.8 Å². The standard InChI is InChI=1S/C20H22FN5/c1-14-22-10-7-18(24-14)20-19(16-5-3-4-6-17(16)21)23-13-26(20)15-8-11-25(2)12-9-15/h3-7,10,13,15H,8-9,11-12H2,1-2H3. The van der Waals surface area contributed by atoms with Crippen LogP contribution in [0.15, 0.2) is 42.9 Å². The number of benzene rings is 1. The zero-order chi connectivity index (χ0) is 18.1. The van der Waals surface area contributed by atoms with Crippen molar-refractivity contribution in [2.24, 2.45) is 0 Å². The fourth-order valence-electron chi connectivity index (χ4n) is 3.60. The molecule has 26 heavy (non-hydrogen) atoms. The first-order valence-corrected chi connectivity index (χ1v) is 8.94. The number of aromatic nitrogens is 4. The lowest BCUT2D eigenvalue weighted by Crippen LogP contribution is -2.31. The lowest BCUT2D eigenvalue weighted by atomic mass is 10.0. The molecule has 0 radical (unpaired) electrons. The van der Waals surface area contributed by atoms with Gasteiger partial charge in [-0.05, 0) is 58.1 Å². The molecular formula is C20H22FN5. The Balaban J connectivity index is 1.86. The van der Waals surface area contributed by atoms with Gasteiger partial charge in [-0.25, -0.2) is 19.3 Å². The highest BCUT2D eigenvalue weighted by Gasteiger charge is 2.25. The third-order valence-electron chi connectivity index (χ3n) is 5.02. The Kier molecular flexibility index (Phi) is 4.51. The molecule has 0 spiro atoms. The number of hydrogen-bond donors (Lipinski definition) is 0. The number of hydrogen-bond acceptors (Lipinski definition) is 4. The molecule has 0 atom stereocenters. The summed E-state index contributed by atoms with van der Waals surface area (Å²) in [4.78, 5) is 15.7. The third kappa shape index (κ3) is 3.12. The van der Waals surface area contributed by atoms with E-state index in [1.807, 2.05) is 25.4 Å². The fraction of sp³-hybridized carbons (Fsp3) is 0.350. The summed E-state index contributed by atoms with van der Waals surface area (Å²) < 4.78 is 16.6. The van der Waals surface area contributed by atoms with E-state index in [1.165, 1.54) is 6.07 Å². The van der Waals surface area contributed by atoms with Crippen LogP contribution in [0.25, 0.3) is 22.6 Å². The first-order chi connectivity index (χ1) is 12.6. The van der Waals surface area contributed by atoms with Crippen molar-refractivity contribution in [1.29, 1.82) is 0 Å². The predicted molar refractivity (Wildman–Crippen MR) is 99.2 cm³/mol. The van der Waals surface area contributed by atoms with Crippen LogP contribution in [-0.2, 0) is 0 Å². The Morgan fingerprint density at radius 2 is 1.85 bits per heavy atom. The van der Waals surface area contributed by atoms with E-state index in [4.69, 9.17) is 0 Å². The highest BCUT2D eigenvalue weighted by atomic mass is 19.1. The molecule has 4 rings (SSSR count). The molecule has 0 aliphatic carbocycles. The van der Waals surface area contributed by atoms with Crippen LogP contribution in [0, 0.1) is 12.7 Å². The van der Waals surface area contributed by atoms with Crippen molar-refractivity contribution in [3.05, 3.63) is 54.5 Å². The number of likely N-dealkylation sites (tertiary alicyclic amines) is 1. The normalized spacial score (nSPS) is 16.1. The van der Waals surface area contributed by atoms with Gasteiger partial charge >= 0.3 is 0 Å². The summed E-state index contributed by atoms with van der Waals surface area (Å²) in [6.45, 7) is 3.95. The molecule has 2 aromatic heterocycles. The summed E-state index contributed by atoms with van der Waals surface area (Å²) in [6, 6.07) is 8.99. The van der Waals surface area contributed by atoms with Gasteiger partial charge in [-0.15, -0.1) is 0 Å². The largest absolute Gasteiger partial charge is 0.326 e. The summed E-state index contributed by atoms with van der Waals surface area (Å²) in [6.07, 6.45) is 5.67. The van der Waals surface area contributed by atoms with Crippen molar-refractivity contribution in [2.45, 2.75) is 25.8 Å². The van der Waals surface area contributed by atoms with Gasteiger partial charge in [-0.3, -0.25) is 0 Å². The third-order valence-corrected chi connectivity index (χ3v) is 5.02. The van der Waals surface area contributed by atoms with Crippen LogP contribution in [-0.4, -0.2) is 44.6 Å². The number of aryl methyl sites for hydroxylation is 1. The summed E-state index contributed by atoms with van der Waals surface area (Å²) in [5.74, 6) is 0.422. The number of halogens is 1. The van der Waals surface area contributed by atoms with Gasteiger partial charge in [-0.2, -0.15) is 0 Å². The second kappa shape index (κ2) is 6.96. The van der Waals surface area contributed by atoms with Gasteiger partial charge in [0.15, 0.2) is 0 Å². The van der Waals surface area contributed by atoms with E-state index in [0.717, 1.165) is 37.3 Å². The molecular weight excluding hydrogens is 329 g/mol. The maximum atomic E-state index is 14.5. The molecule has 0 N–H and O–H groups in total. The number of piperidine rings is 1. The molecule has 0 saturated carbocycles. The molecule has 5 nitrogen and oxygen atoms in total. The van der Waals surface area contributed by atoms with E-state index in [1.54, 1.807) is 18.3 Å². The minimum atomic E-state index is -0.270. The molecule has 1 saturated heterocycles. The molecule has 134 valence electrons. The van der Waals surface area contributed by atoms with Crippen LogP contribution in [0.5, 0.6) is 0 Å². The van der Waals surface area contributed by atoms with E-state index < -0.39 is 0 Å². The summed E-state index contributed by atoms with van der Waals surface area (Å²) >= 11 is 0. The predicted octanol–water partition coefficient (Wildman–Crippen LogP) is 3.72. The van der Waals surface area contributed by atoms with E-state index in [-0.39, 0.29) is 5.82 Å². The zero-order valence-corrected chi connectivity index (χ0v) is 15.1. The molecule has 1 aromatic carbocycles. The minimum Gasteiger partial charge on any atom is -0.326 e. The number of nitrogens with zero attached hydrogens (tertiary/aromatic N) is 5. The van der Waals surface area contributed by atoms with Gasteiger partial charge in [0, 0.05) is 17.8 Å². The van der Waals surface area contributed by atoms with Crippen LogP contribution < -0.4 is 0 Å². The maximum Gasteiger partial charge on any atom is 0.132 e. The van der Waals surface area contributed by atoms with E-state index in [0.29, 0.717) is 23.1 Å². The highest BCUT2D eigenvalue weighted by molar-refractivity contribution is 5.77. The van der Waals surface area contributed by atoms with Crippen molar-refractivity contribution in [1.82, 2.24) is 24.4 Å². The molecule has 1 aliphatic heterocycles. The molecule has 0 unspecified atom stereocenters. The average molecular weight is 351 g/mol. The Morgan fingerprint density at radius 1 is 1.08 bits per heavy atom. The van der Waals surface area contributed by atoms with Crippen LogP contribution in [0.2, 0.25) is 0 Å². The van der Waals surface area contributed by atoms with Crippen LogP contribution >= 0.6 is 0 Å². The van der Waals surface area contributed by atoms with Crippen molar-refractivity contribution >= 4 is 0 Å².